The first kappa shape index (κ1) is 21.4. The number of pyridine rings is 1. The van der Waals surface area contributed by atoms with E-state index in [2.05, 4.69) is 81.4 Å². The van der Waals surface area contributed by atoms with E-state index in [1.165, 1.54) is 21.9 Å². The zero-order valence-corrected chi connectivity index (χ0v) is 18.9. The second-order valence-corrected chi connectivity index (χ2v) is 8.75. The van der Waals surface area contributed by atoms with Crippen LogP contribution in [0.15, 0.2) is 91.5 Å². The van der Waals surface area contributed by atoms with Gasteiger partial charge in [-0.15, -0.1) is 0 Å². The fourth-order valence-corrected chi connectivity index (χ4v) is 4.82. The summed E-state index contributed by atoms with van der Waals surface area (Å²) in [5, 5.41) is 2.43. The molecule has 5 nitrogen and oxygen atoms in total. The minimum absolute atomic E-state index is 0.0108. The maximum absolute atomic E-state index is 13.4. The number of aromatic nitrogens is 2. The highest BCUT2D eigenvalue weighted by molar-refractivity contribution is 5.87. The Morgan fingerprint density at radius 2 is 1.58 bits per heavy atom. The highest BCUT2D eigenvalue weighted by Crippen LogP contribution is 2.30. The van der Waals surface area contributed by atoms with E-state index in [9.17, 15) is 4.79 Å². The number of carbonyl (C=O) groups is 1. The van der Waals surface area contributed by atoms with Gasteiger partial charge in [0.1, 0.15) is 0 Å². The number of amides is 1. The standard InChI is InChI=1S/C28H30N4O/c33-28(32-20-18-30(19-21-32)17-12-23-10-13-29-14-11-23)22-27(31-15-3-4-16-31)26-9-5-7-24-6-1-2-8-25(24)26/h1-11,13-16,27H,12,17-22H2/t27-/m1/s1. The van der Waals surface area contributed by atoms with Crippen molar-refractivity contribution in [3.8, 4) is 0 Å². The Bertz CT molecular complexity index is 1180. The molecule has 0 spiro atoms. The van der Waals surface area contributed by atoms with Gasteiger partial charge in [0, 0.05) is 57.5 Å². The predicted molar refractivity (Wildman–Crippen MR) is 132 cm³/mol. The van der Waals surface area contributed by atoms with Crippen molar-refractivity contribution in [3.63, 3.8) is 0 Å². The van der Waals surface area contributed by atoms with Crippen molar-refractivity contribution < 1.29 is 4.79 Å². The third kappa shape index (κ3) is 4.99. The zero-order chi connectivity index (χ0) is 22.5. The summed E-state index contributed by atoms with van der Waals surface area (Å²) in [5.74, 6) is 0.232. The van der Waals surface area contributed by atoms with Crippen LogP contribution in [0.2, 0.25) is 0 Å². The Hall–Kier alpha value is -3.44. The van der Waals surface area contributed by atoms with Crippen LogP contribution in [-0.4, -0.2) is 58.0 Å². The molecule has 2 aromatic carbocycles. The number of nitrogens with zero attached hydrogens (tertiary/aromatic N) is 4. The molecule has 5 rings (SSSR count). The first-order valence-corrected chi connectivity index (χ1v) is 11.8. The number of benzene rings is 2. The summed E-state index contributed by atoms with van der Waals surface area (Å²) in [7, 11) is 0. The Labute approximate surface area is 195 Å². The van der Waals surface area contributed by atoms with Crippen LogP contribution in [0.25, 0.3) is 10.8 Å². The Morgan fingerprint density at radius 3 is 2.36 bits per heavy atom. The molecule has 1 saturated heterocycles. The molecule has 0 aliphatic carbocycles. The van der Waals surface area contributed by atoms with Crippen LogP contribution in [0.4, 0.5) is 0 Å². The number of hydrogen-bond donors (Lipinski definition) is 0. The lowest BCUT2D eigenvalue weighted by Gasteiger charge is -2.35. The molecule has 1 aliphatic rings. The Morgan fingerprint density at radius 1 is 0.848 bits per heavy atom. The molecule has 1 aliphatic heterocycles. The van der Waals surface area contributed by atoms with E-state index in [-0.39, 0.29) is 11.9 Å². The number of fused-ring (bicyclic) bond motifs is 1. The van der Waals surface area contributed by atoms with Crippen molar-refractivity contribution in [3.05, 3.63) is 103 Å². The summed E-state index contributed by atoms with van der Waals surface area (Å²) in [6.45, 7) is 4.47. The second-order valence-electron chi connectivity index (χ2n) is 8.75. The van der Waals surface area contributed by atoms with Gasteiger partial charge in [0.2, 0.25) is 5.91 Å². The summed E-state index contributed by atoms with van der Waals surface area (Å²) in [6, 6.07) is 23.0. The van der Waals surface area contributed by atoms with E-state index >= 15 is 0 Å². The lowest BCUT2D eigenvalue weighted by molar-refractivity contribution is -0.133. The van der Waals surface area contributed by atoms with Crippen LogP contribution in [0.1, 0.15) is 23.6 Å². The van der Waals surface area contributed by atoms with E-state index < -0.39 is 0 Å². The normalized spacial score (nSPS) is 15.6. The molecule has 168 valence electrons. The van der Waals surface area contributed by atoms with E-state index in [4.69, 9.17) is 0 Å². The Balaban J connectivity index is 1.25. The van der Waals surface area contributed by atoms with Gasteiger partial charge >= 0.3 is 0 Å². The molecular weight excluding hydrogens is 408 g/mol. The molecule has 1 amide bonds. The molecule has 3 heterocycles. The minimum atomic E-state index is -0.0108. The monoisotopic (exact) mass is 438 g/mol. The van der Waals surface area contributed by atoms with Crippen LogP contribution >= 0.6 is 0 Å². The van der Waals surface area contributed by atoms with Crippen molar-refractivity contribution in [1.82, 2.24) is 19.4 Å². The summed E-state index contributed by atoms with van der Waals surface area (Å²) in [5.41, 5.74) is 2.52. The van der Waals surface area contributed by atoms with Crippen LogP contribution in [-0.2, 0) is 11.2 Å². The maximum Gasteiger partial charge on any atom is 0.225 e. The van der Waals surface area contributed by atoms with E-state index in [1.54, 1.807) is 0 Å². The number of hydrogen-bond acceptors (Lipinski definition) is 3. The molecule has 0 unspecified atom stereocenters. The zero-order valence-electron chi connectivity index (χ0n) is 18.9. The predicted octanol–water partition coefficient (Wildman–Crippen LogP) is 4.40. The molecular formula is C28H30N4O. The quantitative estimate of drug-likeness (QED) is 0.429. The van der Waals surface area contributed by atoms with Crippen LogP contribution in [0.3, 0.4) is 0 Å². The van der Waals surface area contributed by atoms with Crippen molar-refractivity contribution in [2.45, 2.75) is 18.9 Å². The van der Waals surface area contributed by atoms with Crippen molar-refractivity contribution >= 4 is 16.7 Å². The fraction of sp³-hybridized carbons (Fsp3) is 0.286. The lowest BCUT2D eigenvalue weighted by atomic mass is 9.96. The van der Waals surface area contributed by atoms with Gasteiger partial charge in [-0.3, -0.25) is 14.7 Å². The first-order chi connectivity index (χ1) is 16.3. The van der Waals surface area contributed by atoms with Crippen molar-refractivity contribution in [2.24, 2.45) is 0 Å². The molecule has 0 saturated carbocycles. The first-order valence-electron chi connectivity index (χ1n) is 11.8. The smallest absolute Gasteiger partial charge is 0.225 e. The molecule has 2 aromatic heterocycles. The van der Waals surface area contributed by atoms with Gasteiger partial charge in [0.15, 0.2) is 0 Å². The maximum atomic E-state index is 13.4. The third-order valence-corrected chi connectivity index (χ3v) is 6.73. The van der Waals surface area contributed by atoms with Gasteiger partial charge in [-0.1, -0.05) is 42.5 Å². The van der Waals surface area contributed by atoms with Gasteiger partial charge in [0.05, 0.1) is 12.5 Å². The van der Waals surface area contributed by atoms with Gasteiger partial charge in [-0.25, -0.2) is 0 Å². The Kier molecular flexibility index (Phi) is 6.49. The van der Waals surface area contributed by atoms with E-state index in [0.717, 1.165) is 39.1 Å². The summed E-state index contributed by atoms with van der Waals surface area (Å²) >= 11 is 0. The highest BCUT2D eigenvalue weighted by atomic mass is 16.2. The van der Waals surface area contributed by atoms with Gasteiger partial charge < -0.3 is 9.47 Å². The average Bonchev–Trinajstić information content (AvgIpc) is 3.41. The van der Waals surface area contributed by atoms with Crippen molar-refractivity contribution in [2.75, 3.05) is 32.7 Å². The molecule has 0 radical (unpaired) electrons. The molecule has 0 bridgehead atoms. The van der Waals surface area contributed by atoms with Crippen LogP contribution < -0.4 is 0 Å². The largest absolute Gasteiger partial charge is 0.346 e. The van der Waals surface area contributed by atoms with E-state index in [1.807, 2.05) is 29.4 Å². The van der Waals surface area contributed by atoms with Crippen LogP contribution in [0.5, 0.6) is 0 Å². The summed E-state index contributed by atoms with van der Waals surface area (Å²) in [6.07, 6.45) is 9.33. The average molecular weight is 439 g/mol. The van der Waals surface area contributed by atoms with Crippen molar-refractivity contribution in [1.29, 1.82) is 0 Å². The lowest BCUT2D eigenvalue weighted by Crippen LogP contribution is -2.49. The minimum Gasteiger partial charge on any atom is -0.346 e. The number of piperazine rings is 1. The SMILES string of the molecule is O=C(C[C@H](c1cccc2ccccc12)n1cccc1)N1CCN(CCc2ccncc2)CC1. The fourth-order valence-electron chi connectivity index (χ4n) is 4.82. The molecule has 1 fully saturated rings. The van der Waals surface area contributed by atoms with Gasteiger partial charge in [-0.05, 0) is 52.6 Å². The topological polar surface area (TPSA) is 41.4 Å². The summed E-state index contributed by atoms with van der Waals surface area (Å²) < 4.78 is 2.17. The molecule has 5 heteroatoms. The molecule has 4 aromatic rings. The van der Waals surface area contributed by atoms with Crippen LogP contribution in [0, 0.1) is 0 Å². The molecule has 33 heavy (non-hydrogen) atoms. The number of rotatable bonds is 7. The second kappa shape index (κ2) is 10.0. The molecule has 0 N–H and O–H groups in total. The highest BCUT2D eigenvalue weighted by Gasteiger charge is 2.25. The third-order valence-electron chi connectivity index (χ3n) is 6.73. The number of carbonyl (C=O) groups excluding carboxylic acids is 1. The van der Waals surface area contributed by atoms with E-state index in [0.29, 0.717) is 6.42 Å². The molecule has 1 atom stereocenters. The van der Waals surface area contributed by atoms with Gasteiger partial charge in [-0.2, -0.15) is 0 Å². The van der Waals surface area contributed by atoms with Gasteiger partial charge in [0.25, 0.3) is 0 Å². The summed E-state index contributed by atoms with van der Waals surface area (Å²) in [4.78, 5) is 22.0.